The van der Waals surface area contributed by atoms with Crippen LogP contribution in [0.2, 0.25) is 0 Å². The molecule has 0 radical (unpaired) electrons. The Morgan fingerprint density at radius 1 is 1.33 bits per heavy atom. The minimum absolute atomic E-state index is 0.227. The molecule has 0 aromatic heterocycles. The summed E-state index contributed by atoms with van der Waals surface area (Å²) >= 11 is 0. The van der Waals surface area contributed by atoms with Gasteiger partial charge in [0.25, 0.3) is 0 Å². The van der Waals surface area contributed by atoms with Gasteiger partial charge < -0.3 is 10.1 Å². The molecular weight excluding hydrogens is 254 g/mol. The molecule has 18 heavy (non-hydrogen) atoms. The van der Waals surface area contributed by atoms with Gasteiger partial charge in [-0.2, -0.15) is 0 Å². The van der Waals surface area contributed by atoms with Gasteiger partial charge in [0.2, 0.25) is 0 Å². The average Bonchev–Trinajstić information content (AvgIpc) is 2.38. The Labute approximate surface area is 108 Å². The normalized spacial score (nSPS) is 24.9. The van der Waals surface area contributed by atoms with Crippen molar-refractivity contribution in [3.63, 3.8) is 0 Å². The maximum absolute atomic E-state index is 11.7. The maximum Gasteiger partial charge on any atom is 0.335 e. The molecule has 0 aromatic rings. The van der Waals surface area contributed by atoms with Crippen LogP contribution in [-0.2, 0) is 19.4 Å². The molecule has 2 aliphatic rings. The Morgan fingerprint density at radius 2 is 2.00 bits per heavy atom. The lowest BCUT2D eigenvalue weighted by atomic mass is 9.85. The third kappa shape index (κ3) is 2.92. The van der Waals surface area contributed by atoms with Crippen molar-refractivity contribution in [2.75, 3.05) is 31.7 Å². The van der Waals surface area contributed by atoms with Crippen LogP contribution in [0, 0.1) is 5.92 Å². The molecule has 0 amide bonds. The molecule has 0 unspecified atom stereocenters. The van der Waals surface area contributed by atoms with Gasteiger partial charge in [-0.05, 0) is 31.7 Å². The minimum atomic E-state index is -2.85. The fourth-order valence-electron chi connectivity index (χ4n) is 2.72. The number of ether oxygens (including phenoxy) is 1. The number of carbonyl (C=O) groups is 1. The molecular formula is C12H19NO4S. The van der Waals surface area contributed by atoms with E-state index in [2.05, 4.69) is 5.32 Å². The largest absolute Gasteiger partial charge is 0.466 e. The maximum atomic E-state index is 11.7. The molecule has 0 aromatic carbocycles. The van der Waals surface area contributed by atoms with Crippen molar-refractivity contribution < 1.29 is 17.9 Å². The van der Waals surface area contributed by atoms with Gasteiger partial charge in [0.05, 0.1) is 24.2 Å². The summed E-state index contributed by atoms with van der Waals surface area (Å²) in [5, 5.41) is 3.16. The van der Waals surface area contributed by atoms with E-state index in [0.29, 0.717) is 25.0 Å². The van der Waals surface area contributed by atoms with Crippen molar-refractivity contribution in [3.8, 4) is 0 Å². The Kier molecular flexibility index (Phi) is 4.07. The summed E-state index contributed by atoms with van der Waals surface area (Å²) in [5.74, 6) is 0.418. The van der Waals surface area contributed by atoms with Crippen LogP contribution in [-0.4, -0.2) is 46.1 Å². The van der Waals surface area contributed by atoms with Crippen molar-refractivity contribution in [2.45, 2.75) is 19.3 Å². The second-order valence-electron chi connectivity index (χ2n) is 4.85. The number of carbonyl (C=O) groups excluding carboxylic acids is 1. The highest BCUT2D eigenvalue weighted by molar-refractivity contribution is 7.91. The summed E-state index contributed by atoms with van der Waals surface area (Å²) < 4.78 is 27.7. The van der Waals surface area contributed by atoms with Crippen LogP contribution in [0.4, 0.5) is 0 Å². The quantitative estimate of drug-likeness (QED) is 0.731. The van der Waals surface area contributed by atoms with E-state index in [1.54, 1.807) is 0 Å². The zero-order valence-electron chi connectivity index (χ0n) is 10.6. The fraction of sp³-hybridized carbons (Fsp3) is 0.750. The van der Waals surface area contributed by atoms with E-state index in [0.717, 1.165) is 18.5 Å². The molecule has 2 aliphatic heterocycles. The molecule has 2 rings (SSSR count). The molecule has 1 N–H and O–H groups in total. The fourth-order valence-corrected chi connectivity index (χ4v) is 4.21. The van der Waals surface area contributed by atoms with Crippen molar-refractivity contribution in [1.82, 2.24) is 5.32 Å². The topological polar surface area (TPSA) is 72.5 Å². The predicted octanol–water partition coefficient (Wildman–Crippen LogP) is 0.274. The summed E-state index contributed by atoms with van der Waals surface area (Å²) in [5.41, 5.74) is 1.81. The second kappa shape index (κ2) is 5.40. The lowest BCUT2D eigenvalue weighted by Crippen LogP contribution is -2.34. The first-order chi connectivity index (χ1) is 8.53. The van der Waals surface area contributed by atoms with Gasteiger partial charge in [-0.3, -0.25) is 0 Å². The molecule has 102 valence electrons. The van der Waals surface area contributed by atoms with Crippen LogP contribution in [0.5, 0.6) is 0 Å². The van der Waals surface area contributed by atoms with E-state index in [4.69, 9.17) is 4.74 Å². The van der Waals surface area contributed by atoms with E-state index < -0.39 is 9.84 Å². The van der Waals surface area contributed by atoms with Crippen LogP contribution in [0.3, 0.4) is 0 Å². The zero-order valence-corrected chi connectivity index (χ0v) is 11.4. The molecule has 0 aliphatic carbocycles. The van der Waals surface area contributed by atoms with E-state index in [1.807, 2.05) is 0 Å². The number of esters is 1. The van der Waals surface area contributed by atoms with Crippen LogP contribution < -0.4 is 5.32 Å². The van der Waals surface area contributed by atoms with E-state index in [9.17, 15) is 13.2 Å². The van der Waals surface area contributed by atoms with Gasteiger partial charge in [-0.1, -0.05) is 5.57 Å². The smallest absolute Gasteiger partial charge is 0.335 e. The van der Waals surface area contributed by atoms with Crippen molar-refractivity contribution in [1.29, 1.82) is 0 Å². The summed E-state index contributed by atoms with van der Waals surface area (Å²) in [6.07, 6.45) is 2.09. The number of nitrogens with one attached hydrogen (secondary N) is 1. The Bertz CT molecular complexity index is 452. The monoisotopic (exact) mass is 273 g/mol. The summed E-state index contributed by atoms with van der Waals surface area (Å²) in [7, 11) is -1.47. The lowest BCUT2D eigenvalue weighted by molar-refractivity contribution is -0.136. The lowest BCUT2D eigenvalue weighted by Gasteiger charge is -2.29. The molecule has 0 atom stereocenters. The van der Waals surface area contributed by atoms with Crippen LogP contribution in [0.25, 0.3) is 0 Å². The zero-order chi connectivity index (χ0) is 13.2. The number of sulfone groups is 1. The highest BCUT2D eigenvalue weighted by Crippen LogP contribution is 2.31. The molecule has 0 saturated carbocycles. The predicted molar refractivity (Wildman–Crippen MR) is 67.9 cm³/mol. The van der Waals surface area contributed by atoms with Gasteiger partial charge in [0, 0.05) is 6.54 Å². The van der Waals surface area contributed by atoms with Crippen molar-refractivity contribution in [2.24, 2.45) is 5.92 Å². The Balaban J connectivity index is 2.19. The van der Waals surface area contributed by atoms with Gasteiger partial charge in [0.15, 0.2) is 0 Å². The molecule has 6 heteroatoms. The third-order valence-corrected chi connectivity index (χ3v) is 5.46. The average molecular weight is 273 g/mol. The SMILES string of the molecule is COC(=O)C1=C(C2CCS(=O)(=O)CC2)CCNC1. The van der Waals surface area contributed by atoms with Crippen LogP contribution >= 0.6 is 0 Å². The van der Waals surface area contributed by atoms with Gasteiger partial charge in [-0.25, -0.2) is 13.2 Å². The standard InChI is InChI=1S/C12H19NO4S/c1-17-12(14)11-8-13-5-2-10(11)9-3-6-18(15,16)7-4-9/h9,13H,2-8H2,1H3. The molecule has 1 fully saturated rings. The minimum Gasteiger partial charge on any atom is -0.466 e. The first kappa shape index (κ1) is 13.5. The Morgan fingerprint density at radius 3 is 2.61 bits per heavy atom. The van der Waals surface area contributed by atoms with Crippen LogP contribution in [0.15, 0.2) is 11.1 Å². The van der Waals surface area contributed by atoms with Crippen LogP contribution in [0.1, 0.15) is 19.3 Å². The number of methoxy groups -OCH3 is 1. The first-order valence-corrected chi connectivity index (χ1v) is 8.07. The van der Waals surface area contributed by atoms with E-state index >= 15 is 0 Å². The summed E-state index contributed by atoms with van der Waals surface area (Å²) in [6.45, 7) is 1.38. The second-order valence-corrected chi connectivity index (χ2v) is 7.15. The van der Waals surface area contributed by atoms with Gasteiger partial charge >= 0.3 is 5.97 Å². The highest BCUT2D eigenvalue weighted by Gasteiger charge is 2.30. The molecule has 0 bridgehead atoms. The summed E-state index contributed by atoms with van der Waals surface area (Å²) in [6, 6.07) is 0. The van der Waals surface area contributed by atoms with Crippen molar-refractivity contribution >= 4 is 15.8 Å². The number of hydrogen-bond donors (Lipinski definition) is 1. The first-order valence-electron chi connectivity index (χ1n) is 6.25. The summed E-state index contributed by atoms with van der Waals surface area (Å²) in [4.78, 5) is 11.7. The molecule has 0 spiro atoms. The molecule has 1 saturated heterocycles. The number of hydrogen-bond acceptors (Lipinski definition) is 5. The molecule has 5 nitrogen and oxygen atoms in total. The Hall–Kier alpha value is -0.880. The third-order valence-electron chi connectivity index (χ3n) is 3.74. The van der Waals surface area contributed by atoms with Crippen molar-refractivity contribution in [3.05, 3.63) is 11.1 Å². The van der Waals surface area contributed by atoms with Gasteiger partial charge in [0.1, 0.15) is 9.84 Å². The molecule has 2 heterocycles. The van der Waals surface area contributed by atoms with E-state index in [-0.39, 0.29) is 23.4 Å². The van der Waals surface area contributed by atoms with Gasteiger partial charge in [-0.15, -0.1) is 0 Å². The van der Waals surface area contributed by atoms with E-state index in [1.165, 1.54) is 7.11 Å². The number of rotatable bonds is 2. The highest BCUT2D eigenvalue weighted by atomic mass is 32.2.